The second-order valence-electron chi connectivity index (χ2n) is 7.18. The summed E-state index contributed by atoms with van der Waals surface area (Å²) < 4.78 is 14.9. The lowest BCUT2D eigenvalue weighted by Gasteiger charge is -2.13. The molecule has 0 saturated carbocycles. The van der Waals surface area contributed by atoms with E-state index in [0.717, 1.165) is 5.56 Å². The Morgan fingerprint density at radius 3 is 2.48 bits per heavy atom. The number of rotatable bonds is 8. The van der Waals surface area contributed by atoms with E-state index in [2.05, 4.69) is 15.5 Å². The van der Waals surface area contributed by atoms with Crippen LogP contribution in [-0.4, -0.2) is 20.7 Å². The molecule has 1 N–H and O–H groups in total. The molecule has 0 fully saturated rings. The van der Waals surface area contributed by atoms with Crippen molar-refractivity contribution in [3.05, 3.63) is 106 Å². The maximum atomic E-state index is 13.1. The first-order chi connectivity index (χ1) is 16.0. The summed E-state index contributed by atoms with van der Waals surface area (Å²) in [7, 11) is 0. The second kappa shape index (κ2) is 10.8. The molecular weight excluding hydrogens is 482 g/mol. The predicted octanol–water partition coefficient (Wildman–Crippen LogP) is 5.86. The van der Waals surface area contributed by atoms with Gasteiger partial charge >= 0.3 is 0 Å². The molecule has 168 valence electrons. The summed E-state index contributed by atoms with van der Waals surface area (Å²) in [5, 5.41) is 13.1. The maximum Gasteiger partial charge on any atom is 0.224 e. The van der Waals surface area contributed by atoms with E-state index in [1.807, 2.05) is 30.3 Å². The summed E-state index contributed by atoms with van der Waals surface area (Å²) in [5.41, 5.74) is 2.49. The van der Waals surface area contributed by atoms with Gasteiger partial charge in [0.25, 0.3) is 0 Å². The Hall–Kier alpha value is -2.87. The van der Waals surface area contributed by atoms with Crippen molar-refractivity contribution in [1.82, 2.24) is 20.1 Å². The molecule has 1 amide bonds. The van der Waals surface area contributed by atoms with Gasteiger partial charge in [0.15, 0.2) is 11.0 Å². The zero-order valence-electron chi connectivity index (χ0n) is 17.3. The van der Waals surface area contributed by atoms with Gasteiger partial charge in [-0.25, -0.2) is 4.39 Å². The van der Waals surface area contributed by atoms with Gasteiger partial charge in [0, 0.05) is 10.8 Å². The normalized spacial score (nSPS) is 10.9. The quantitative estimate of drug-likeness (QED) is 0.307. The molecule has 0 unspecified atom stereocenters. The fraction of sp³-hybridized carbons (Fsp3) is 0.125. The maximum absolute atomic E-state index is 13.1. The molecular formula is C24H19Cl2FN4OS. The summed E-state index contributed by atoms with van der Waals surface area (Å²) >= 11 is 14.2. The number of aromatic nitrogens is 3. The highest BCUT2D eigenvalue weighted by molar-refractivity contribution is 7.98. The number of nitrogens with one attached hydrogen (secondary N) is 1. The van der Waals surface area contributed by atoms with Gasteiger partial charge in [-0.2, -0.15) is 0 Å². The Balaban J connectivity index is 1.55. The van der Waals surface area contributed by atoms with Crippen LogP contribution in [0.3, 0.4) is 0 Å². The van der Waals surface area contributed by atoms with E-state index < -0.39 is 0 Å². The number of hydrogen-bond donors (Lipinski definition) is 1. The molecule has 0 aliphatic rings. The fourth-order valence-corrected chi connectivity index (χ4v) is 4.45. The molecule has 1 aromatic heterocycles. The monoisotopic (exact) mass is 500 g/mol. The third-order valence-electron chi connectivity index (χ3n) is 4.78. The van der Waals surface area contributed by atoms with Gasteiger partial charge in [-0.15, -0.1) is 10.2 Å². The van der Waals surface area contributed by atoms with Crippen LogP contribution in [0.1, 0.15) is 17.0 Å². The Labute approximate surface area is 204 Å². The van der Waals surface area contributed by atoms with Gasteiger partial charge in [-0.05, 0) is 41.5 Å². The largest absolute Gasteiger partial charge is 0.348 e. The van der Waals surface area contributed by atoms with E-state index in [-0.39, 0.29) is 24.7 Å². The molecule has 0 aliphatic heterocycles. The number of hydrogen-bond acceptors (Lipinski definition) is 4. The molecule has 0 aliphatic carbocycles. The minimum absolute atomic E-state index is 0.127. The standard InChI is InChI=1S/C24H19Cl2FN4OS/c25-18-8-11-20(26)21(13-18)31-22(14-28-23(32)12-16-6-9-19(27)10-7-16)29-30-24(31)33-15-17-4-2-1-3-5-17/h1-11,13H,12,14-15H2,(H,28,32). The van der Waals surface area contributed by atoms with E-state index in [4.69, 9.17) is 23.2 Å². The highest BCUT2D eigenvalue weighted by Crippen LogP contribution is 2.30. The van der Waals surface area contributed by atoms with Crippen molar-refractivity contribution >= 4 is 40.9 Å². The Morgan fingerprint density at radius 2 is 1.73 bits per heavy atom. The topological polar surface area (TPSA) is 59.8 Å². The molecule has 0 spiro atoms. The number of halogens is 3. The molecule has 4 rings (SSSR count). The first-order valence-electron chi connectivity index (χ1n) is 10.1. The molecule has 0 atom stereocenters. The number of carbonyl (C=O) groups is 1. The Morgan fingerprint density at radius 1 is 0.970 bits per heavy atom. The van der Waals surface area contributed by atoms with Gasteiger partial charge in [-0.1, -0.05) is 77.4 Å². The molecule has 1 heterocycles. The zero-order chi connectivity index (χ0) is 23.2. The van der Waals surface area contributed by atoms with E-state index in [0.29, 0.717) is 38.0 Å². The van der Waals surface area contributed by atoms with Gasteiger partial charge < -0.3 is 5.32 Å². The molecule has 0 radical (unpaired) electrons. The molecule has 5 nitrogen and oxygen atoms in total. The van der Waals surface area contributed by atoms with Crippen molar-refractivity contribution in [3.8, 4) is 5.69 Å². The highest BCUT2D eigenvalue weighted by atomic mass is 35.5. The third kappa shape index (κ3) is 6.13. The minimum atomic E-state index is -0.341. The molecule has 33 heavy (non-hydrogen) atoms. The number of thioether (sulfide) groups is 1. The summed E-state index contributed by atoms with van der Waals surface area (Å²) in [5.74, 6) is 0.647. The summed E-state index contributed by atoms with van der Waals surface area (Å²) in [6.45, 7) is 0.141. The van der Waals surface area contributed by atoms with E-state index in [1.165, 1.54) is 23.9 Å². The van der Waals surface area contributed by atoms with Crippen LogP contribution in [0, 0.1) is 5.82 Å². The van der Waals surface area contributed by atoms with Crippen LogP contribution in [0.25, 0.3) is 5.69 Å². The summed E-state index contributed by atoms with van der Waals surface area (Å²) in [6, 6.07) is 21.0. The van der Waals surface area contributed by atoms with Crippen molar-refractivity contribution in [2.24, 2.45) is 0 Å². The first-order valence-corrected chi connectivity index (χ1v) is 11.8. The van der Waals surface area contributed by atoms with E-state index in [9.17, 15) is 9.18 Å². The number of carbonyl (C=O) groups excluding carboxylic acids is 1. The SMILES string of the molecule is O=C(Cc1ccc(F)cc1)NCc1nnc(SCc2ccccc2)n1-c1cc(Cl)ccc1Cl. The van der Waals surface area contributed by atoms with Crippen molar-refractivity contribution in [1.29, 1.82) is 0 Å². The molecule has 4 aromatic rings. The number of benzene rings is 3. The van der Waals surface area contributed by atoms with Crippen LogP contribution in [0.4, 0.5) is 4.39 Å². The molecule has 3 aromatic carbocycles. The van der Waals surface area contributed by atoms with Crippen LogP contribution in [0.5, 0.6) is 0 Å². The van der Waals surface area contributed by atoms with E-state index in [1.54, 1.807) is 34.9 Å². The lowest BCUT2D eigenvalue weighted by molar-refractivity contribution is -0.120. The van der Waals surface area contributed by atoms with Crippen molar-refractivity contribution < 1.29 is 9.18 Å². The number of amides is 1. The van der Waals surface area contributed by atoms with Crippen LogP contribution in [0.15, 0.2) is 78.0 Å². The van der Waals surface area contributed by atoms with Crippen LogP contribution < -0.4 is 5.32 Å². The minimum Gasteiger partial charge on any atom is -0.348 e. The summed E-state index contributed by atoms with van der Waals surface area (Å²) in [6.07, 6.45) is 0.127. The second-order valence-corrected chi connectivity index (χ2v) is 8.97. The average Bonchev–Trinajstić information content (AvgIpc) is 3.22. The lowest BCUT2D eigenvalue weighted by Crippen LogP contribution is -2.26. The van der Waals surface area contributed by atoms with Gasteiger partial charge in [0.1, 0.15) is 5.82 Å². The van der Waals surface area contributed by atoms with Gasteiger partial charge in [-0.3, -0.25) is 9.36 Å². The van der Waals surface area contributed by atoms with Crippen LogP contribution in [0.2, 0.25) is 10.0 Å². The highest BCUT2D eigenvalue weighted by Gasteiger charge is 2.18. The zero-order valence-corrected chi connectivity index (χ0v) is 19.7. The average molecular weight is 501 g/mol. The van der Waals surface area contributed by atoms with Crippen molar-refractivity contribution in [2.75, 3.05) is 0 Å². The van der Waals surface area contributed by atoms with Crippen molar-refractivity contribution in [2.45, 2.75) is 23.9 Å². The Kier molecular flexibility index (Phi) is 7.65. The Bertz CT molecular complexity index is 1250. The molecule has 0 bridgehead atoms. The van der Waals surface area contributed by atoms with Gasteiger partial charge in [0.2, 0.25) is 5.91 Å². The van der Waals surface area contributed by atoms with Crippen LogP contribution in [-0.2, 0) is 23.5 Å². The van der Waals surface area contributed by atoms with Gasteiger partial charge in [0.05, 0.1) is 23.7 Å². The van der Waals surface area contributed by atoms with Crippen molar-refractivity contribution in [3.63, 3.8) is 0 Å². The smallest absolute Gasteiger partial charge is 0.224 e. The fourth-order valence-electron chi connectivity index (χ4n) is 3.16. The third-order valence-corrected chi connectivity index (χ3v) is 6.34. The summed E-state index contributed by atoms with van der Waals surface area (Å²) in [4.78, 5) is 12.4. The van der Waals surface area contributed by atoms with E-state index >= 15 is 0 Å². The molecule has 9 heteroatoms. The predicted molar refractivity (Wildman–Crippen MR) is 129 cm³/mol. The van der Waals surface area contributed by atoms with Crippen LogP contribution >= 0.6 is 35.0 Å². The first kappa shape index (κ1) is 23.3. The lowest BCUT2D eigenvalue weighted by atomic mass is 10.1. The molecule has 0 saturated heterocycles. The number of nitrogens with zero attached hydrogens (tertiary/aromatic N) is 3.